The van der Waals surface area contributed by atoms with Gasteiger partial charge in [0.05, 0.1) is 10.6 Å². The van der Waals surface area contributed by atoms with Crippen molar-refractivity contribution >= 4 is 17.3 Å². The normalized spacial score (nSPS) is 9.65. The summed E-state index contributed by atoms with van der Waals surface area (Å²) in [6.45, 7) is 0. The standard InChI is InChI=1S/C12H6ClN3O/c13-12-7-15-6-11(10(12)5-14)8-1-3-9(16-17)4-2-8/h1-4,6-7H. The maximum Gasteiger partial charge on any atom is 0.108 e. The third-order valence-electron chi connectivity index (χ3n) is 2.30. The minimum atomic E-state index is 0.308. The fourth-order valence-electron chi connectivity index (χ4n) is 1.47. The second-order valence-electron chi connectivity index (χ2n) is 3.29. The smallest absolute Gasteiger partial charge is 0.108 e. The highest BCUT2D eigenvalue weighted by atomic mass is 35.5. The molecule has 0 aliphatic heterocycles. The molecule has 82 valence electrons. The van der Waals surface area contributed by atoms with Crippen LogP contribution in [0.25, 0.3) is 11.1 Å². The van der Waals surface area contributed by atoms with Gasteiger partial charge in [-0.15, -0.1) is 4.91 Å². The van der Waals surface area contributed by atoms with Gasteiger partial charge >= 0.3 is 0 Å². The van der Waals surface area contributed by atoms with Gasteiger partial charge in [0.15, 0.2) is 0 Å². The third kappa shape index (κ3) is 2.14. The number of rotatable bonds is 2. The highest BCUT2D eigenvalue weighted by Crippen LogP contribution is 2.28. The maximum absolute atomic E-state index is 10.3. The fourth-order valence-corrected chi connectivity index (χ4v) is 1.67. The van der Waals surface area contributed by atoms with Crippen molar-refractivity contribution in [2.24, 2.45) is 5.18 Å². The molecule has 1 heterocycles. The fraction of sp³-hybridized carbons (Fsp3) is 0. The van der Waals surface area contributed by atoms with E-state index in [2.05, 4.69) is 10.2 Å². The quantitative estimate of drug-likeness (QED) is 0.756. The number of nitriles is 1. The molecule has 0 N–H and O–H groups in total. The Morgan fingerprint density at radius 3 is 2.53 bits per heavy atom. The molecule has 0 aliphatic carbocycles. The van der Waals surface area contributed by atoms with Crippen molar-refractivity contribution in [3.8, 4) is 17.2 Å². The van der Waals surface area contributed by atoms with Gasteiger partial charge in [0.1, 0.15) is 11.8 Å². The van der Waals surface area contributed by atoms with Crippen LogP contribution in [-0.4, -0.2) is 4.98 Å². The summed E-state index contributed by atoms with van der Waals surface area (Å²) in [5.74, 6) is 0. The minimum Gasteiger partial charge on any atom is -0.262 e. The summed E-state index contributed by atoms with van der Waals surface area (Å²) in [7, 11) is 0. The zero-order chi connectivity index (χ0) is 12.3. The number of benzene rings is 1. The lowest BCUT2D eigenvalue weighted by Gasteiger charge is -2.04. The van der Waals surface area contributed by atoms with Crippen LogP contribution >= 0.6 is 11.6 Å². The molecule has 4 nitrogen and oxygen atoms in total. The Bertz CT molecular complexity index is 602. The first-order valence-corrected chi connectivity index (χ1v) is 5.11. The van der Waals surface area contributed by atoms with Gasteiger partial charge in [-0.05, 0) is 22.9 Å². The minimum absolute atomic E-state index is 0.308. The van der Waals surface area contributed by atoms with Crippen LogP contribution in [-0.2, 0) is 0 Å². The zero-order valence-corrected chi connectivity index (χ0v) is 9.35. The highest BCUT2D eigenvalue weighted by molar-refractivity contribution is 6.32. The number of hydrogen-bond donors (Lipinski definition) is 0. The predicted molar refractivity (Wildman–Crippen MR) is 64.9 cm³/mol. The Hall–Kier alpha value is -2.25. The van der Waals surface area contributed by atoms with E-state index in [1.165, 1.54) is 6.20 Å². The van der Waals surface area contributed by atoms with Gasteiger partial charge in [0.25, 0.3) is 0 Å². The van der Waals surface area contributed by atoms with E-state index in [4.69, 9.17) is 16.9 Å². The molecular formula is C12H6ClN3O. The van der Waals surface area contributed by atoms with E-state index in [-0.39, 0.29) is 0 Å². The van der Waals surface area contributed by atoms with Crippen molar-refractivity contribution in [1.82, 2.24) is 4.98 Å². The largest absolute Gasteiger partial charge is 0.262 e. The first-order chi connectivity index (χ1) is 8.26. The molecular weight excluding hydrogens is 238 g/mol. The Labute approximate surface area is 102 Å². The third-order valence-corrected chi connectivity index (χ3v) is 2.58. The van der Waals surface area contributed by atoms with Gasteiger partial charge in [0.2, 0.25) is 0 Å². The number of nitrogens with zero attached hydrogens (tertiary/aromatic N) is 3. The van der Waals surface area contributed by atoms with Gasteiger partial charge in [-0.3, -0.25) is 4.98 Å². The number of aromatic nitrogens is 1. The zero-order valence-electron chi connectivity index (χ0n) is 8.59. The lowest BCUT2D eigenvalue weighted by atomic mass is 10.0. The molecule has 0 aliphatic rings. The molecule has 0 amide bonds. The lowest BCUT2D eigenvalue weighted by molar-refractivity contribution is 1.31. The predicted octanol–water partition coefficient (Wildman–Crippen LogP) is 3.67. The van der Waals surface area contributed by atoms with Gasteiger partial charge in [0, 0.05) is 18.0 Å². The maximum atomic E-state index is 10.3. The van der Waals surface area contributed by atoms with Crippen LogP contribution in [0, 0.1) is 16.2 Å². The van der Waals surface area contributed by atoms with E-state index in [0.717, 1.165) is 5.56 Å². The topological polar surface area (TPSA) is 66.1 Å². The Morgan fingerprint density at radius 2 is 1.94 bits per heavy atom. The van der Waals surface area contributed by atoms with E-state index in [1.54, 1.807) is 30.5 Å². The molecule has 2 aromatic rings. The van der Waals surface area contributed by atoms with Crippen molar-refractivity contribution in [3.05, 3.63) is 52.2 Å². The van der Waals surface area contributed by atoms with E-state index in [9.17, 15) is 4.91 Å². The molecule has 0 spiro atoms. The van der Waals surface area contributed by atoms with E-state index < -0.39 is 0 Å². The first-order valence-electron chi connectivity index (χ1n) is 4.73. The summed E-state index contributed by atoms with van der Waals surface area (Å²) in [6, 6.07) is 8.58. The number of pyridine rings is 1. The van der Waals surface area contributed by atoms with Crippen molar-refractivity contribution in [3.63, 3.8) is 0 Å². The second kappa shape index (κ2) is 4.73. The molecule has 1 aromatic heterocycles. The molecule has 0 saturated carbocycles. The van der Waals surface area contributed by atoms with Gasteiger partial charge in [-0.25, -0.2) is 0 Å². The van der Waals surface area contributed by atoms with Crippen molar-refractivity contribution in [2.75, 3.05) is 0 Å². The average molecular weight is 244 g/mol. The van der Waals surface area contributed by atoms with Crippen LogP contribution in [0.2, 0.25) is 5.02 Å². The summed E-state index contributed by atoms with van der Waals surface area (Å²) >= 11 is 5.88. The van der Waals surface area contributed by atoms with Crippen molar-refractivity contribution in [1.29, 1.82) is 5.26 Å². The van der Waals surface area contributed by atoms with Gasteiger partial charge in [-0.1, -0.05) is 23.7 Å². The van der Waals surface area contributed by atoms with Crippen LogP contribution in [0.5, 0.6) is 0 Å². The molecule has 1 aromatic carbocycles. The Balaban J connectivity index is 2.57. The summed E-state index contributed by atoms with van der Waals surface area (Å²) < 4.78 is 0. The van der Waals surface area contributed by atoms with Crippen molar-refractivity contribution < 1.29 is 0 Å². The van der Waals surface area contributed by atoms with E-state index >= 15 is 0 Å². The highest BCUT2D eigenvalue weighted by Gasteiger charge is 2.09. The molecule has 0 atom stereocenters. The van der Waals surface area contributed by atoms with Crippen LogP contribution < -0.4 is 0 Å². The molecule has 0 saturated heterocycles. The van der Waals surface area contributed by atoms with Gasteiger partial charge in [-0.2, -0.15) is 5.26 Å². The Morgan fingerprint density at radius 1 is 1.24 bits per heavy atom. The average Bonchev–Trinajstić information content (AvgIpc) is 2.38. The van der Waals surface area contributed by atoms with Crippen LogP contribution in [0.1, 0.15) is 5.56 Å². The number of nitroso groups, excluding NO2 is 1. The summed E-state index contributed by atoms with van der Waals surface area (Å²) in [6.07, 6.45) is 2.98. The van der Waals surface area contributed by atoms with Crippen LogP contribution in [0.4, 0.5) is 5.69 Å². The van der Waals surface area contributed by atoms with Gasteiger partial charge < -0.3 is 0 Å². The number of hydrogen-bond acceptors (Lipinski definition) is 4. The molecule has 5 heteroatoms. The molecule has 0 bridgehead atoms. The van der Waals surface area contributed by atoms with Crippen LogP contribution in [0.15, 0.2) is 41.8 Å². The summed E-state index contributed by atoms with van der Waals surface area (Å²) in [5.41, 5.74) is 2.11. The SMILES string of the molecule is N#Cc1c(Cl)cncc1-c1ccc(N=O)cc1. The second-order valence-corrected chi connectivity index (χ2v) is 3.70. The molecule has 0 radical (unpaired) electrons. The van der Waals surface area contributed by atoms with Crippen molar-refractivity contribution in [2.45, 2.75) is 0 Å². The lowest BCUT2D eigenvalue weighted by Crippen LogP contribution is -1.87. The molecule has 2 rings (SSSR count). The molecule has 0 fully saturated rings. The Kier molecular flexibility index (Phi) is 3.12. The monoisotopic (exact) mass is 243 g/mol. The summed E-state index contributed by atoms with van der Waals surface area (Å²) in [4.78, 5) is 14.2. The molecule has 17 heavy (non-hydrogen) atoms. The van der Waals surface area contributed by atoms with E-state index in [1.807, 2.05) is 6.07 Å². The van der Waals surface area contributed by atoms with E-state index in [0.29, 0.717) is 21.8 Å². The van der Waals surface area contributed by atoms with Crippen LogP contribution in [0.3, 0.4) is 0 Å². The first kappa shape index (κ1) is 11.2. The number of halogens is 1. The summed E-state index contributed by atoms with van der Waals surface area (Å²) in [5, 5.41) is 12.1. The molecule has 0 unspecified atom stereocenters.